The van der Waals surface area contributed by atoms with Crippen molar-refractivity contribution >= 4 is 12.1 Å². The van der Waals surface area contributed by atoms with E-state index < -0.39 is 12.1 Å². The third-order valence-electron chi connectivity index (χ3n) is 6.57. The van der Waals surface area contributed by atoms with Crippen LogP contribution >= 0.6 is 0 Å². The number of aliphatic carboxylic acids is 1. The first kappa shape index (κ1) is 42.6. The van der Waals surface area contributed by atoms with E-state index >= 15 is 0 Å². The Balaban J connectivity index is 0. The van der Waals surface area contributed by atoms with E-state index in [1.807, 2.05) is 84.3 Å². The van der Waals surface area contributed by atoms with Crippen molar-refractivity contribution in [3.8, 4) is 0 Å². The fourth-order valence-corrected chi connectivity index (χ4v) is 4.26. The lowest BCUT2D eigenvalue weighted by atomic mass is 9.90. The van der Waals surface area contributed by atoms with Crippen LogP contribution in [0.15, 0.2) is 76.7 Å². The van der Waals surface area contributed by atoms with Gasteiger partial charge < -0.3 is 30.9 Å². The molecule has 0 aromatic heterocycles. The van der Waals surface area contributed by atoms with Crippen LogP contribution in [-0.4, -0.2) is 44.9 Å². The van der Waals surface area contributed by atoms with Crippen molar-refractivity contribution < 1.29 is 24.2 Å². The highest BCUT2D eigenvalue weighted by Gasteiger charge is 2.19. The summed E-state index contributed by atoms with van der Waals surface area (Å²) < 4.78 is 10.7. The number of benzene rings is 1. The topological polar surface area (TPSA) is 123 Å². The Kier molecular flexibility index (Phi) is 27.4. The maximum Gasteiger partial charge on any atom is 0.407 e. The summed E-state index contributed by atoms with van der Waals surface area (Å²) in [6.07, 6.45) is 13.5. The second kappa shape index (κ2) is 28.3. The first-order chi connectivity index (χ1) is 21.1. The number of nitrogens with one attached hydrogen (secondary N) is 2. The zero-order chi connectivity index (χ0) is 33.8. The van der Waals surface area contributed by atoms with Crippen molar-refractivity contribution in [2.24, 2.45) is 11.7 Å². The second-order valence-corrected chi connectivity index (χ2v) is 10.2. The highest BCUT2D eigenvalue weighted by molar-refractivity contribution is 5.70. The number of carbonyl (C=O) groups excluding carboxylic acids is 1. The first-order valence-corrected chi connectivity index (χ1v) is 16.0. The summed E-state index contributed by atoms with van der Waals surface area (Å²) in [5.74, 6) is 0.178. The minimum atomic E-state index is -0.602. The van der Waals surface area contributed by atoms with Gasteiger partial charge >= 0.3 is 12.1 Å². The molecule has 0 bridgehead atoms. The molecule has 2 rings (SSSR count). The number of alkyl carbamates (subject to hydrolysis) is 1. The van der Waals surface area contributed by atoms with E-state index in [4.69, 9.17) is 20.3 Å². The van der Waals surface area contributed by atoms with E-state index in [1.165, 1.54) is 6.42 Å². The van der Waals surface area contributed by atoms with Gasteiger partial charge in [0, 0.05) is 12.2 Å². The number of rotatable bonds is 12. The van der Waals surface area contributed by atoms with Gasteiger partial charge in [0.05, 0.1) is 13.0 Å². The number of hydrogen-bond acceptors (Lipinski definition) is 6. The normalized spacial score (nSPS) is 14.2. The van der Waals surface area contributed by atoms with Crippen molar-refractivity contribution in [2.75, 3.05) is 27.7 Å². The average molecular weight is 616 g/mol. The zero-order valence-electron chi connectivity index (χ0n) is 28.9. The Labute approximate surface area is 267 Å². The van der Waals surface area contributed by atoms with E-state index in [9.17, 15) is 9.59 Å². The molecule has 0 aliphatic heterocycles. The van der Waals surface area contributed by atoms with Gasteiger partial charge in [-0.15, -0.1) is 0 Å². The van der Waals surface area contributed by atoms with Gasteiger partial charge in [0.2, 0.25) is 0 Å². The smallest absolute Gasteiger partial charge is 0.407 e. The molecule has 0 saturated heterocycles. The third kappa shape index (κ3) is 20.4. The molecule has 8 nitrogen and oxygen atoms in total. The van der Waals surface area contributed by atoms with Gasteiger partial charge in [-0.1, -0.05) is 95.9 Å². The third-order valence-corrected chi connectivity index (χ3v) is 6.57. The Morgan fingerprint density at radius 1 is 1.00 bits per heavy atom. The van der Waals surface area contributed by atoms with Crippen molar-refractivity contribution in [1.29, 1.82) is 0 Å². The van der Waals surface area contributed by atoms with E-state index in [0.29, 0.717) is 12.2 Å². The molecule has 0 unspecified atom stereocenters. The molecule has 8 heteroatoms. The molecule has 0 spiro atoms. The number of methoxy groups -OCH3 is 1. The SMILES string of the molecule is CC.CC/C=C(C)/C(=C\C=C(C)\C(N)=C(\CCC)CNC(=O)OCc1ccccc1)OC.CNC.O=C(O)C1CCCCC1. The van der Waals surface area contributed by atoms with Crippen molar-refractivity contribution in [3.05, 3.63) is 82.3 Å². The molecule has 0 radical (unpaired) electrons. The Bertz CT molecular complexity index is 1020. The lowest BCUT2D eigenvalue weighted by Gasteiger charge is -2.16. The number of amides is 1. The van der Waals surface area contributed by atoms with E-state index in [2.05, 4.69) is 30.6 Å². The summed E-state index contributed by atoms with van der Waals surface area (Å²) in [4.78, 5) is 22.4. The Hall–Kier alpha value is -3.52. The molecule has 44 heavy (non-hydrogen) atoms. The fourth-order valence-electron chi connectivity index (χ4n) is 4.26. The van der Waals surface area contributed by atoms with E-state index in [0.717, 1.165) is 73.0 Å². The Morgan fingerprint density at radius 2 is 1.59 bits per heavy atom. The Morgan fingerprint density at radius 3 is 2.07 bits per heavy atom. The fraction of sp³-hybridized carbons (Fsp3) is 0.556. The summed E-state index contributed by atoms with van der Waals surface area (Å²) in [5, 5.41) is 14.1. The zero-order valence-corrected chi connectivity index (χ0v) is 28.9. The van der Waals surface area contributed by atoms with Gasteiger partial charge in [-0.05, 0) is 82.0 Å². The van der Waals surface area contributed by atoms with Crippen LogP contribution < -0.4 is 16.4 Å². The molecule has 1 saturated carbocycles. The van der Waals surface area contributed by atoms with Crippen LogP contribution in [0, 0.1) is 5.92 Å². The van der Waals surface area contributed by atoms with Crippen LogP contribution in [0.3, 0.4) is 0 Å². The number of nitrogens with two attached hydrogens (primary N) is 1. The van der Waals surface area contributed by atoms with Crippen LogP contribution in [-0.2, 0) is 20.9 Å². The number of ether oxygens (including phenoxy) is 2. The highest BCUT2D eigenvalue weighted by Crippen LogP contribution is 2.23. The van der Waals surface area contributed by atoms with Crippen molar-refractivity contribution in [2.45, 2.75) is 99.5 Å². The first-order valence-electron chi connectivity index (χ1n) is 16.0. The summed E-state index contributed by atoms with van der Waals surface area (Å²) in [6, 6.07) is 9.59. The molecule has 1 aromatic rings. The maximum absolute atomic E-state index is 12.1. The number of allylic oxidation sites excluding steroid dienone is 5. The van der Waals surface area contributed by atoms with Crippen LogP contribution in [0.5, 0.6) is 0 Å². The molecule has 1 aromatic carbocycles. The second-order valence-electron chi connectivity index (χ2n) is 10.2. The van der Waals surface area contributed by atoms with E-state index in [1.54, 1.807) is 7.11 Å². The van der Waals surface area contributed by atoms with Crippen molar-refractivity contribution in [1.82, 2.24) is 10.6 Å². The quantitative estimate of drug-likeness (QED) is 0.138. The lowest BCUT2D eigenvalue weighted by molar-refractivity contribution is -0.142. The summed E-state index contributed by atoms with van der Waals surface area (Å²) >= 11 is 0. The molecular formula is C36H61N3O5. The number of hydrogen-bond donors (Lipinski definition) is 4. The summed E-state index contributed by atoms with van der Waals surface area (Å²) in [6.45, 7) is 12.8. The minimum Gasteiger partial charge on any atom is -0.497 e. The molecule has 1 aliphatic rings. The lowest BCUT2D eigenvalue weighted by Crippen LogP contribution is -2.27. The molecule has 250 valence electrons. The van der Waals surface area contributed by atoms with Crippen molar-refractivity contribution in [3.63, 3.8) is 0 Å². The molecule has 1 aliphatic carbocycles. The predicted molar refractivity (Wildman–Crippen MR) is 184 cm³/mol. The van der Waals surface area contributed by atoms with E-state index in [-0.39, 0.29) is 12.5 Å². The van der Waals surface area contributed by atoms with Crippen LogP contribution in [0.4, 0.5) is 4.79 Å². The van der Waals surface area contributed by atoms with Gasteiger partial charge in [0.1, 0.15) is 12.4 Å². The average Bonchev–Trinajstić information content (AvgIpc) is 3.04. The van der Waals surface area contributed by atoms with Gasteiger partial charge in [-0.25, -0.2) is 4.79 Å². The molecule has 1 amide bonds. The molecule has 0 heterocycles. The largest absolute Gasteiger partial charge is 0.497 e. The van der Waals surface area contributed by atoms with Gasteiger partial charge in [0.15, 0.2) is 0 Å². The maximum atomic E-state index is 12.1. The molecule has 0 atom stereocenters. The van der Waals surface area contributed by atoms with Gasteiger partial charge in [0.25, 0.3) is 0 Å². The standard InChI is InChI=1S/C25H36N2O3.C7H12O2.C2H7N.C2H6/c1-6-11-19(3)23(29-5)16-15-20(4)24(26)22(12-7-2)17-27-25(28)30-18-21-13-9-8-10-14-21;8-7(9)6-4-2-1-3-5-6;1-3-2;1-2/h8-11,13-16H,6-7,12,17-18,26H2,1-5H3,(H,27,28);6H,1-5H2,(H,8,9);3H,1-2H3;1-2H3/b19-11+,20-15+,23-16+,24-22+;;;. The van der Waals surface area contributed by atoms with Gasteiger partial charge in [-0.2, -0.15) is 0 Å². The molecule has 1 fully saturated rings. The minimum absolute atomic E-state index is 0.0289. The van der Waals surface area contributed by atoms with Crippen LogP contribution in [0.2, 0.25) is 0 Å². The summed E-state index contributed by atoms with van der Waals surface area (Å²) in [5.41, 5.74) is 11.0. The van der Waals surface area contributed by atoms with Crippen LogP contribution in [0.1, 0.15) is 98.5 Å². The predicted octanol–water partition coefficient (Wildman–Crippen LogP) is 8.27. The number of carboxylic acids is 1. The number of carboxylic acid groups (broad SMARTS) is 1. The van der Waals surface area contributed by atoms with Crippen LogP contribution in [0.25, 0.3) is 0 Å². The molecular weight excluding hydrogens is 554 g/mol. The monoisotopic (exact) mass is 615 g/mol. The highest BCUT2D eigenvalue weighted by atomic mass is 16.5. The van der Waals surface area contributed by atoms with Gasteiger partial charge in [-0.3, -0.25) is 4.79 Å². The summed E-state index contributed by atoms with van der Waals surface area (Å²) in [7, 11) is 5.41. The molecule has 5 N–H and O–H groups in total. The number of carbonyl (C=O) groups is 2.